The Bertz CT molecular complexity index is 2820. The molecule has 0 saturated heterocycles. The van der Waals surface area contributed by atoms with Gasteiger partial charge < -0.3 is 53.4 Å². The van der Waals surface area contributed by atoms with E-state index in [1.54, 1.807) is 59.2 Å². The molecule has 0 aliphatic carbocycles. The number of aliphatic carboxylic acids is 2. The maximum absolute atomic E-state index is 11.3. The van der Waals surface area contributed by atoms with Crippen molar-refractivity contribution in [1.82, 2.24) is 68.4 Å². The lowest BCUT2D eigenvalue weighted by Gasteiger charge is -2.21. The number of hydrogen-bond donors (Lipinski definition) is 6. The second-order valence-corrected chi connectivity index (χ2v) is 14.9. The van der Waals surface area contributed by atoms with Crippen molar-refractivity contribution in [1.29, 1.82) is 0 Å². The van der Waals surface area contributed by atoms with Gasteiger partial charge in [0.15, 0.2) is 5.69 Å². The maximum Gasteiger partial charge on any atom is 0.356 e. The van der Waals surface area contributed by atoms with E-state index in [9.17, 15) is 24.0 Å². The van der Waals surface area contributed by atoms with Crippen molar-refractivity contribution in [3.63, 3.8) is 0 Å². The van der Waals surface area contributed by atoms with Gasteiger partial charge in [0, 0.05) is 73.8 Å². The monoisotopic (exact) mass is 913 g/mol. The maximum atomic E-state index is 11.3. The molecule has 0 amide bonds. The number of rotatable bonds is 7. The number of aryl methyl sites for hydroxylation is 5. The van der Waals surface area contributed by atoms with E-state index in [2.05, 4.69) is 55.0 Å². The summed E-state index contributed by atoms with van der Waals surface area (Å²) in [6.07, 6.45) is 14.6. The van der Waals surface area contributed by atoms with Gasteiger partial charge in [-0.05, 0) is 12.1 Å². The van der Waals surface area contributed by atoms with Crippen LogP contribution >= 0.6 is 0 Å². The number of methoxy groups -OCH3 is 2. The Labute approximate surface area is 376 Å². The summed E-state index contributed by atoms with van der Waals surface area (Å²) >= 11 is 0. The Morgan fingerprint density at radius 2 is 1.18 bits per heavy atom. The minimum atomic E-state index is -1.03. The van der Waals surface area contributed by atoms with Crippen LogP contribution in [-0.4, -0.2) is 135 Å². The van der Waals surface area contributed by atoms with Crippen molar-refractivity contribution in [2.75, 3.05) is 14.2 Å². The molecular formula is C41H51N15O10. The summed E-state index contributed by atoms with van der Waals surface area (Å²) in [7, 11) is 12.1. The highest BCUT2D eigenvalue weighted by Crippen LogP contribution is 2.16. The molecule has 3 atom stereocenters. The van der Waals surface area contributed by atoms with Crippen LogP contribution in [0.4, 0.5) is 0 Å². The Hall–Kier alpha value is -7.90. The van der Waals surface area contributed by atoms with Crippen LogP contribution in [-0.2, 0) is 91.4 Å². The van der Waals surface area contributed by atoms with Gasteiger partial charge in [-0.25, -0.2) is 44.5 Å². The number of fused-ring (bicyclic) bond motifs is 4. The van der Waals surface area contributed by atoms with Crippen LogP contribution in [0.2, 0.25) is 0 Å². The minimum Gasteiger partial charge on any atom is -0.480 e. The summed E-state index contributed by atoms with van der Waals surface area (Å²) in [6, 6.07) is 1.48. The van der Waals surface area contributed by atoms with Crippen molar-refractivity contribution in [3.8, 4) is 0 Å². The third-order valence-electron chi connectivity index (χ3n) is 10.2. The van der Waals surface area contributed by atoms with Crippen LogP contribution < -0.4 is 16.4 Å². The number of aromatic carboxylic acids is 1. The summed E-state index contributed by atoms with van der Waals surface area (Å²) in [4.78, 5) is 82.2. The van der Waals surface area contributed by atoms with Gasteiger partial charge in [-0.2, -0.15) is 0 Å². The molecule has 0 saturated carbocycles. The van der Waals surface area contributed by atoms with Crippen LogP contribution in [0.5, 0.6) is 0 Å². The Balaban J connectivity index is 0.000000155. The molecule has 25 nitrogen and oxygen atoms in total. The first-order valence-corrected chi connectivity index (χ1v) is 20.0. The molecule has 0 aromatic carbocycles. The smallest absolute Gasteiger partial charge is 0.356 e. The number of ether oxygens (including phenoxy) is 2. The fraction of sp³-hybridized carbons (Fsp3) is 0.366. The number of nitrogens with two attached hydrogens (primary N) is 1. The molecule has 350 valence electrons. The van der Waals surface area contributed by atoms with Gasteiger partial charge in [0.1, 0.15) is 23.8 Å². The number of nitrogens with one attached hydrogen (secondary N) is 2. The predicted molar refractivity (Wildman–Crippen MR) is 233 cm³/mol. The number of nitrogens with zero attached hydrogens (tertiary/aromatic N) is 12. The highest BCUT2D eigenvalue weighted by Gasteiger charge is 2.28. The molecular weight excluding hydrogens is 863 g/mol. The zero-order valence-corrected chi connectivity index (χ0v) is 37.2. The van der Waals surface area contributed by atoms with Crippen molar-refractivity contribution >= 4 is 51.9 Å². The SMILES string of the molecule is COC(=O)[C@@H]1Cc2ncn(C)c2CN1.COC(=O)c1cc2ncn(C)c2cn1.Cn1cnc(C[C@H](N)C(=O)O)c1.Cn1cnc2c1CN[C@H](C(=O)O)C2.Cn1cnc2cc(C(=O)O)ncc21. The lowest BCUT2D eigenvalue weighted by molar-refractivity contribution is -0.143. The number of carbonyl (C=O) groups is 5. The summed E-state index contributed by atoms with van der Waals surface area (Å²) in [5, 5.41) is 32.0. The Morgan fingerprint density at radius 1 is 0.682 bits per heavy atom. The van der Waals surface area contributed by atoms with Gasteiger partial charge in [0.05, 0.1) is 109 Å². The third-order valence-corrected chi connectivity index (χ3v) is 10.2. The van der Waals surface area contributed by atoms with Gasteiger partial charge in [-0.1, -0.05) is 0 Å². The number of pyridine rings is 2. The molecule has 0 bridgehead atoms. The summed E-state index contributed by atoms with van der Waals surface area (Å²) < 4.78 is 18.5. The number of carboxylic acids is 3. The fourth-order valence-electron chi connectivity index (χ4n) is 6.52. The molecule has 0 unspecified atom stereocenters. The Morgan fingerprint density at radius 3 is 1.65 bits per heavy atom. The van der Waals surface area contributed by atoms with Crippen molar-refractivity contribution < 1.29 is 48.8 Å². The van der Waals surface area contributed by atoms with Gasteiger partial charge >= 0.3 is 29.8 Å². The second-order valence-electron chi connectivity index (χ2n) is 14.9. The number of carboxylic acid groups (broad SMARTS) is 3. The van der Waals surface area contributed by atoms with Gasteiger partial charge in [-0.3, -0.25) is 25.0 Å². The van der Waals surface area contributed by atoms with E-state index in [-0.39, 0.29) is 29.8 Å². The molecule has 0 radical (unpaired) electrons. The van der Waals surface area contributed by atoms with Crippen LogP contribution in [0.1, 0.15) is 49.4 Å². The highest BCUT2D eigenvalue weighted by atomic mass is 16.5. The van der Waals surface area contributed by atoms with E-state index in [1.807, 2.05) is 48.9 Å². The molecule has 0 fully saturated rings. The molecule has 7 aromatic heterocycles. The van der Waals surface area contributed by atoms with E-state index in [0.29, 0.717) is 37.1 Å². The van der Waals surface area contributed by atoms with Crippen LogP contribution in [0.3, 0.4) is 0 Å². The average Bonchev–Trinajstić information content (AvgIpc) is 4.16. The molecule has 2 aliphatic heterocycles. The number of imidazole rings is 5. The molecule has 7 N–H and O–H groups in total. The molecule has 7 aromatic rings. The quantitative estimate of drug-likeness (QED) is 0.114. The standard InChI is InChI=1S/C9H13N3O2.C9H9N3O2.C8H11N3O2.C8H7N3O2.C7H11N3O2/c2*1-12-5-11-6-3-7(9(13)14-2)10-4-8(6)12;2*1-11-4-10-5-2-6(8(12)13)9-3-7(5)11;1-10-3-5(9-4-10)2-6(8)7(11)12/h5,7,10H,3-4H2,1-2H3;3-5H,1-2H3;4,6,9H,2-3H2,1H3,(H,12,13);2-4H,1H3,(H,12,13);3-4,6H,2,8H2,1H3,(H,11,12)/t7-;;6-;;6-/m0.0.0/s1. The molecule has 0 spiro atoms. The van der Waals surface area contributed by atoms with Gasteiger partial charge in [0.2, 0.25) is 0 Å². The van der Waals surface area contributed by atoms with Gasteiger partial charge in [-0.15, -0.1) is 0 Å². The molecule has 66 heavy (non-hydrogen) atoms. The number of esters is 2. The highest BCUT2D eigenvalue weighted by molar-refractivity contribution is 5.91. The van der Waals surface area contributed by atoms with Gasteiger partial charge in [0.25, 0.3) is 0 Å². The first kappa shape index (κ1) is 49.1. The van der Waals surface area contributed by atoms with E-state index < -0.39 is 36.0 Å². The van der Waals surface area contributed by atoms with Crippen molar-refractivity contribution in [2.45, 2.75) is 50.5 Å². The van der Waals surface area contributed by atoms with Crippen molar-refractivity contribution in [2.24, 2.45) is 41.0 Å². The lowest BCUT2D eigenvalue weighted by Crippen LogP contribution is -2.42. The van der Waals surface area contributed by atoms with Crippen LogP contribution in [0, 0.1) is 0 Å². The largest absolute Gasteiger partial charge is 0.480 e. The van der Waals surface area contributed by atoms with E-state index in [0.717, 1.165) is 39.3 Å². The average molecular weight is 914 g/mol. The van der Waals surface area contributed by atoms with Crippen LogP contribution in [0.25, 0.3) is 22.1 Å². The number of carbonyl (C=O) groups excluding carboxylic acids is 2. The molecule has 25 heteroatoms. The topological polar surface area (TPSA) is 329 Å². The normalized spacial score (nSPS) is 15.1. The predicted octanol–water partition coefficient (Wildman–Crippen LogP) is -0.0777. The first-order valence-electron chi connectivity index (χ1n) is 20.0. The summed E-state index contributed by atoms with van der Waals surface area (Å²) in [5.41, 5.74) is 13.5. The molecule has 9 rings (SSSR count). The fourth-order valence-corrected chi connectivity index (χ4v) is 6.52. The third kappa shape index (κ3) is 12.4. The van der Waals surface area contributed by atoms with E-state index in [1.165, 1.54) is 26.5 Å². The Kier molecular flexibility index (Phi) is 16.5. The number of hydrogen-bond acceptors (Lipinski definition) is 17. The zero-order valence-electron chi connectivity index (χ0n) is 37.2. The summed E-state index contributed by atoms with van der Waals surface area (Å²) in [6.45, 7) is 1.26. The van der Waals surface area contributed by atoms with Crippen LogP contribution in [0.15, 0.2) is 62.4 Å². The zero-order chi connectivity index (χ0) is 48.2. The van der Waals surface area contributed by atoms with Crippen molar-refractivity contribution in [3.05, 3.63) is 102 Å². The lowest BCUT2D eigenvalue weighted by atomic mass is 10.1. The van der Waals surface area contributed by atoms with E-state index in [4.69, 9.17) is 21.1 Å². The minimum absolute atomic E-state index is 0.0196. The summed E-state index contributed by atoms with van der Waals surface area (Å²) in [5.74, 6) is -3.51. The second kappa shape index (κ2) is 22.1. The van der Waals surface area contributed by atoms with E-state index >= 15 is 0 Å². The molecule has 9 heterocycles. The number of aromatic nitrogens is 12. The first-order chi connectivity index (χ1) is 31.4. The molecule has 2 aliphatic rings.